The molecule has 7 nitrogen and oxygen atoms in total. The van der Waals surface area contributed by atoms with E-state index in [2.05, 4.69) is 5.32 Å². The van der Waals surface area contributed by atoms with Crippen LogP contribution in [-0.2, 0) is 16.1 Å². The molecule has 1 aromatic carbocycles. The fourth-order valence-corrected chi connectivity index (χ4v) is 1.45. The number of nitrogens with zero attached hydrogens (tertiary/aromatic N) is 1. The van der Waals surface area contributed by atoms with Crippen LogP contribution in [0.25, 0.3) is 0 Å². The molecule has 0 heterocycles. The monoisotopic (exact) mass is 264 g/mol. The van der Waals surface area contributed by atoms with Crippen LogP contribution in [-0.4, -0.2) is 21.9 Å². The molecule has 0 bridgehead atoms. The first kappa shape index (κ1) is 14.4. The minimum Gasteiger partial charge on any atom is -0.478 e. The van der Waals surface area contributed by atoms with Gasteiger partial charge in [0.25, 0.3) is 5.69 Å². The SMILES string of the molecule is Cc1c(CNC(=O)/C=C/C(=O)O)cccc1[N+](=O)[O-]. The quantitative estimate of drug-likeness (QED) is 0.471. The molecule has 19 heavy (non-hydrogen) atoms. The van der Waals surface area contributed by atoms with Gasteiger partial charge in [0.05, 0.1) is 4.92 Å². The summed E-state index contributed by atoms with van der Waals surface area (Å²) in [6.45, 7) is 1.68. The molecule has 0 atom stereocenters. The lowest BCUT2D eigenvalue weighted by Gasteiger charge is -2.06. The van der Waals surface area contributed by atoms with Crippen LogP contribution in [0.3, 0.4) is 0 Å². The minimum atomic E-state index is -1.22. The Labute approximate surface area is 108 Å². The summed E-state index contributed by atoms with van der Waals surface area (Å²) in [5, 5.41) is 21.5. The number of nitrogens with one attached hydrogen (secondary N) is 1. The number of carbonyl (C=O) groups excluding carboxylic acids is 1. The fraction of sp³-hybridized carbons (Fsp3) is 0.167. The van der Waals surface area contributed by atoms with Gasteiger partial charge in [-0.1, -0.05) is 12.1 Å². The summed E-state index contributed by atoms with van der Waals surface area (Å²) in [7, 11) is 0. The zero-order valence-corrected chi connectivity index (χ0v) is 10.1. The lowest BCUT2D eigenvalue weighted by molar-refractivity contribution is -0.385. The van der Waals surface area contributed by atoms with Crippen molar-refractivity contribution in [1.82, 2.24) is 5.32 Å². The first-order valence-electron chi connectivity index (χ1n) is 5.33. The summed E-state index contributed by atoms with van der Waals surface area (Å²) < 4.78 is 0. The molecule has 0 spiro atoms. The lowest BCUT2D eigenvalue weighted by Crippen LogP contribution is -2.21. The van der Waals surface area contributed by atoms with Gasteiger partial charge in [0, 0.05) is 30.3 Å². The summed E-state index contributed by atoms with van der Waals surface area (Å²) in [6, 6.07) is 4.56. The molecule has 0 radical (unpaired) electrons. The molecule has 1 aromatic rings. The standard InChI is InChI=1S/C12H12N2O5/c1-8-9(3-2-4-10(8)14(18)19)7-13-11(15)5-6-12(16)17/h2-6H,7H2,1H3,(H,13,15)(H,16,17)/b6-5+. The number of hydrogen-bond acceptors (Lipinski definition) is 4. The molecule has 1 amide bonds. The smallest absolute Gasteiger partial charge is 0.328 e. The van der Waals surface area contributed by atoms with E-state index in [9.17, 15) is 19.7 Å². The zero-order chi connectivity index (χ0) is 14.4. The lowest BCUT2D eigenvalue weighted by atomic mass is 10.1. The molecule has 0 aliphatic heterocycles. The van der Waals surface area contributed by atoms with Gasteiger partial charge < -0.3 is 10.4 Å². The normalized spacial score (nSPS) is 10.4. The van der Waals surface area contributed by atoms with Gasteiger partial charge in [-0.15, -0.1) is 0 Å². The summed E-state index contributed by atoms with van der Waals surface area (Å²) in [5.74, 6) is -1.80. The van der Waals surface area contributed by atoms with E-state index in [1.54, 1.807) is 13.0 Å². The summed E-state index contributed by atoms with van der Waals surface area (Å²) in [5.41, 5.74) is 1.05. The average Bonchev–Trinajstić information content (AvgIpc) is 2.34. The van der Waals surface area contributed by atoms with Crippen molar-refractivity contribution in [3.05, 3.63) is 51.6 Å². The van der Waals surface area contributed by atoms with Gasteiger partial charge in [-0.05, 0) is 12.5 Å². The third-order valence-corrected chi connectivity index (χ3v) is 2.44. The van der Waals surface area contributed by atoms with E-state index in [0.717, 1.165) is 12.2 Å². The van der Waals surface area contributed by atoms with E-state index in [4.69, 9.17) is 5.11 Å². The topological polar surface area (TPSA) is 110 Å². The van der Waals surface area contributed by atoms with Gasteiger partial charge in [-0.2, -0.15) is 0 Å². The highest BCUT2D eigenvalue weighted by atomic mass is 16.6. The highest BCUT2D eigenvalue weighted by Crippen LogP contribution is 2.20. The molecule has 0 saturated carbocycles. The van der Waals surface area contributed by atoms with Crippen molar-refractivity contribution in [2.45, 2.75) is 13.5 Å². The largest absolute Gasteiger partial charge is 0.478 e. The second kappa shape index (κ2) is 6.29. The number of carboxylic acids is 1. The fourth-order valence-electron chi connectivity index (χ4n) is 1.45. The van der Waals surface area contributed by atoms with Crippen LogP contribution in [0.5, 0.6) is 0 Å². The Morgan fingerprint density at radius 2 is 2.11 bits per heavy atom. The number of hydrogen-bond donors (Lipinski definition) is 2. The highest BCUT2D eigenvalue weighted by Gasteiger charge is 2.13. The number of nitro groups is 1. The molecule has 1 rings (SSSR count). The zero-order valence-electron chi connectivity index (χ0n) is 10.1. The van der Waals surface area contributed by atoms with Crippen molar-refractivity contribution >= 4 is 17.6 Å². The Balaban J connectivity index is 2.74. The summed E-state index contributed by atoms with van der Waals surface area (Å²) >= 11 is 0. The van der Waals surface area contributed by atoms with E-state index < -0.39 is 16.8 Å². The molecule has 0 aromatic heterocycles. The Kier molecular flexibility index (Phi) is 4.76. The van der Waals surface area contributed by atoms with Crippen LogP contribution in [0.4, 0.5) is 5.69 Å². The Morgan fingerprint density at radius 1 is 1.42 bits per heavy atom. The predicted molar refractivity (Wildman–Crippen MR) is 66.5 cm³/mol. The Bertz CT molecular complexity index is 551. The van der Waals surface area contributed by atoms with Crippen molar-refractivity contribution < 1.29 is 19.6 Å². The maximum atomic E-state index is 11.3. The maximum Gasteiger partial charge on any atom is 0.328 e. The third kappa shape index (κ3) is 4.23. The van der Waals surface area contributed by atoms with Crippen LogP contribution in [0.15, 0.2) is 30.4 Å². The number of benzene rings is 1. The van der Waals surface area contributed by atoms with Gasteiger partial charge in [-0.25, -0.2) is 4.79 Å². The molecule has 0 fully saturated rings. The van der Waals surface area contributed by atoms with E-state index in [-0.39, 0.29) is 12.2 Å². The van der Waals surface area contributed by atoms with E-state index >= 15 is 0 Å². The Hall–Kier alpha value is -2.70. The molecule has 0 aliphatic rings. The number of carboxylic acid groups (broad SMARTS) is 1. The van der Waals surface area contributed by atoms with Crippen LogP contribution in [0.1, 0.15) is 11.1 Å². The molecule has 0 saturated heterocycles. The van der Waals surface area contributed by atoms with Crippen LogP contribution < -0.4 is 5.32 Å². The first-order chi connectivity index (χ1) is 8.91. The molecule has 0 unspecified atom stereocenters. The van der Waals surface area contributed by atoms with Gasteiger partial charge in [-0.3, -0.25) is 14.9 Å². The van der Waals surface area contributed by atoms with Gasteiger partial charge >= 0.3 is 5.97 Å². The molecule has 100 valence electrons. The maximum absolute atomic E-state index is 11.3. The number of aliphatic carboxylic acids is 1. The molecular formula is C12H12N2O5. The number of amides is 1. The summed E-state index contributed by atoms with van der Waals surface area (Å²) in [4.78, 5) is 31.7. The van der Waals surface area contributed by atoms with E-state index in [1.807, 2.05) is 0 Å². The van der Waals surface area contributed by atoms with Crippen molar-refractivity contribution in [3.8, 4) is 0 Å². The second-order valence-electron chi connectivity index (χ2n) is 3.71. The van der Waals surface area contributed by atoms with Gasteiger partial charge in [0.2, 0.25) is 5.91 Å². The van der Waals surface area contributed by atoms with Crippen molar-refractivity contribution in [3.63, 3.8) is 0 Å². The third-order valence-electron chi connectivity index (χ3n) is 2.44. The van der Waals surface area contributed by atoms with Crippen molar-refractivity contribution in [1.29, 1.82) is 0 Å². The molecule has 7 heteroatoms. The molecular weight excluding hydrogens is 252 g/mol. The second-order valence-corrected chi connectivity index (χ2v) is 3.71. The van der Waals surface area contributed by atoms with Crippen molar-refractivity contribution in [2.24, 2.45) is 0 Å². The minimum absolute atomic E-state index is 0.0205. The molecule has 2 N–H and O–H groups in total. The highest BCUT2D eigenvalue weighted by molar-refractivity contribution is 5.93. The summed E-state index contributed by atoms with van der Waals surface area (Å²) in [6.07, 6.45) is 1.60. The van der Waals surface area contributed by atoms with E-state index in [0.29, 0.717) is 11.1 Å². The van der Waals surface area contributed by atoms with Crippen LogP contribution in [0.2, 0.25) is 0 Å². The first-order valence-corrected chi connectivity index (χ1v) is 5.33. The molecule has 0 aliphatic carbocycles. The average molecular weight is 264 g/mol. The van der Waals surface area contributed by atoms with Gasteiger partial charge in [0.1, 0.15) is 0 Å². The van der Waals surface area contributed by atoms with Crippen LogP contribution >= 0.6 is 0 Å². The van der Waals surface area contributed by atoms with E-state index in [1.165, 1.54) is 12.1 Å². The Morgan fingerprint density at radius 3 is 2.68 bits per heavy atom. The predicted octanol–water partition coefficient (Wildman–Crippen LogP) is 1.16. The number of nitro benzene ring substituents is 1. The number of rotatable bonds is 5. The van der Waals surface area contributed by atoms with Crippen LogP contribution in [0, 0.1) is 17.0 Å². The van der Waals surface area contributed by atoms with Gasteiger partial charge in [0.15, 0.2) is 0 Å². The van der Waals surface area contributed by atoms with Crippen molar-refractivity contribution in [2.75, 3.05) is 0 Å². The number of carbonyl (C=O) groups is 2.